The SMILES string of the molecule is C[NH+](CC(=O)[O-])CC(=O)c1ccc2c(c1)CCCC2. The van der Waals surface area contributed by atoms with Gasteiger partial charge in [0.25, 0.3) is 0 Å². The molecule has 1 atom stereocenters. The number of hydrogen-bond donors (Lipinski definition) is 1. The molecule has 0 saturated carbocycles. The van der Waals surface area contributed by atoms with Crippen LogP contribution in [0.4, 0.5) is 0 Å². The van der Waals surface area contributed by atoms with Crippen LogP contribution in [-0.4, -0.2) is 31.9 Å². The Balaban J connectivity index is 2.05. The Kier molecular flexibility index (Phi) is 4.32. The van der Waals surface area contributed by atoms with Gasteiger partial charge in [-0.15, -0.1) is 0 Å². The van der Waals surface area contributed by atoms with E-state index in [0.29, 0.717) is 10.5 Å². The number of hydrogen-bond acceptors (Lipinski definition) is 3. The molecule has 1 aliphatic carbocycles. The monoisotopic (exact) mass is 261 g/mol. The molecule has 0 aromatic heterocycles. The van der Waals surface area contributed by atoms with E-state index in [-0.39, 0.29) is 18.9 Å². The van der Waals surface area contributed by atoms with Gasteiger partial charge in [0.05, 0.1) is 13.0 Å². The Morgan fingerprint density at radius 2 is 1.84 bits per heavy atom. The van der Waals surface area contributed by atoms with Gasteiger partial charge in [0, 0.05) is 5.56 Å². The molecule has 0 heterocycles. The Morgan fingerprint density at radius 1 is 1.16 bits per heavy atom. The zero-order valence-corrected chi connectivity index (χ0v) is 11.2. The fourth-order valence-electron chi connectivity index (χ4n) is 2.59. The number of benzene rings is 1. The first-order valence-corrected chi connectivity index (χ1v) is 6.72. The highest BCUT2D eigenvalue weighted by molar-refractivity contribution is 5.97. The summed E-state index contributed by atoms with van der Waals surface area (Å²) in [7, 11) is 1.69. The summed E-state index contributed by atoms with van der Waals surface area (Å²) >= 11 is 0. The summed E-state index contributed by atoms with van der Waals surface area (Å²) in [5.74, 6) is -1.14. The van der Waals surface area contributed by atoms with Crippen molar-refractivity contribution in [3.8, 4) is 0 Å². The number of ketones is 1. The molecule has 0 aliphatic heterocycles. The van der Waals surface area contributed by atoms with Crippen molar-refractivity contribution in [2.24, 2.45) is 0 Å². The van der Waals surface area contributed by atoms with Gasteiger partial charge in [0.15, 0.2) is 0 Å². The predicted molar refractivity (Wildman–Crippen MR) is 69.0 cm³/mol. The minimum absolute atomic E-state index is 0.00729. The van der Waals surface area contributed by atoms with Crippen LogP contribution in [0.3, 0.4) is 0 Å². The van der Waals surface area contributed by atoms with Crippen molar-refractivity contribution in [1.82, 2.24) is 0 Å². The second-order valence-corrected chi connectivity index (χ2v) is 5.30. The first-order valence-electron chi connectivity index (χ1n) is 6.72. The zero-order valence-electron chi connectivity index (χ0n) is 11.2. The summed E-state index contributed by atoms with van der Waals surface area (Å²) in [5, 5.41) is 10.5. The van der Waals surface area contributed by atoms with Crippen molar-refractivity contribution < 1.29 is 19.6 Å². The van der Waals surface area contributed by atoms with E-state index in [1.54, 1.807) is 7.05 Å². The van der Waals surface area contributed by atoms with Gasteiger partial charge >= 0.3 is 0 Å². The van der Waals surface area contributed by atoms with E-state index in [4.69, 9.17) is 0 Å². The zero-order chi connectivity index (χ0) is 13.8. The first kappa shape index (κ1) is 13.7. The van der Waals surface area contributed by atoms with E-state index in [2.05, 4.69) is 0 Å². The fraction of sp³-hybridized carbons (Fsp3) is 0.467. The second kappa shape index (κ2) is 5.97. The second-order valence-electron chi connectivity index (χ2n) is 5.30. The molecule has 0 saturated heterocycles. The topological polar surface area (TPSA) is 61.6 Å². The summed E-state index contributed by atoms with van der Waals surface area (Å²) in [6, 6.07) is 5.87. The molecule has 0 bridgehead atoms. The van der Waals surface area contributed by atoms with Crippen molar-refractivity contribution in [2.45, 2.75) is 25.7 Å². The molecular weight excluding hydrogens is 242 g/mol. The number of Topliss-reactive ketones (excluding diaryl/α,β-unsaturated/α-hetero) is 1. The van der Waals surface area contributed by atoms with Crippen molar-refractivity contribution in [1.29, 1.82) is 0 Å². The molecule has 1 aromatic carbocycles. The lowest BCUT2D eigenvalue weighted by Gasteiger charge is -2.17. The summed E-state index contributed by atoms with van der Waals surface area (Å²) < 4.78 is 0. The molecule has 4 heteroatoms. The molecule has 0 radical (unpaired) electrons. The van der Waals surface area contributed by atoms with E-state index in [1.807, 2.05) is 18.2 Å². The lowest BCUT2D eigenvalue weighted by Crippen LogP contribution is -3.11. The average Bonchev–Trinajstić information content (AvgIpc) is 2.37. The van der Waals surface area contributed by atoms with Gasteiger partial charge in [-0.05, 0) is 42.9 Å². The van der Waals surface area contributed by atoms with Crippen LogP contribution >= 0.6 is 0 Å². The van der Waals surface area contributed by atoms with E-state index in [0.717, 1.165) is 12.8 Å². The third kappa shape index (κ3) is 3.64. The summed E-state index contributed by atoms with van der Waals surface area (Å²) in [4.78, 5) is 23.2. The smallest absolute Gasteiger partial charge is 0.216 e. The Hall–Kier alpha value is -1.68. The Bertz CT molecular complexity index is 496. The van der Waals surface area contributed by atoms with Gasteiger partial charge in [0.1, 0.15) is 13.1 Å². The summed E-state index contributed by atoms with van der Waals surface area (Å²) in [5.41, 5.74) is 3.31. The standard InChI is InChI=1S/C15H19NO3/c1-16(10-15(18)19)9-14(17)13-7-6-11-4-2-3-5-12(11)8-13/h6-8H,2-5,9-10H2,1H3,(H,18,19). The van der Waals surface area contributed by atoms with Crippen molar-refractivity contribution in [3.05, 3.63) is 34.9 Å². The van der Waals surface area contributed by atoms with Crippen LogP contribution in [0.15, 0.2) is 18.2 Å². The highest BCUT2D eigenvalue weighted by Gasteiger charge is 2.15. The maximum atomic E-state index is 12.1. The molecule has 0 amide bonds. The lowest BCUT2D eigenvalue weighted by atomic mass is 9.90. The van der Waals surface area contributed by atoms with Gasteiger partial charge in [-0.3, -0.25) is 4.79 Å². The first-order chi connectivity index (χ1) is 9.06. The van der Waals surface area contributed by atoms with Gasteiger partial charge in [-0.25, -0.2) is 0 Å². The van der Waals surface area contributed by atoms with Crippen LogP contribution in [0, 0.1) is 0 Å². The number of aliphatic carboxylic acids is 1. The van der Waals surface area contributed by atoms with E-state index < -0.39 is 5.97 Å². The van der Waals surface area contributed by atoms with Gasteiger partial charge in [0.2, 0.25) is 5.78 Å². The van der Waals surface area contributed by atoms with Crippen molar-refractivity contribution in [2.75, 3.05) is 20.1 Å². The van der Waals surface area contributed by atoms with E-state index in [1.165, 1.54) is 24.0 Å². The molecule has 1 aliphatic rings. The molecule has 2 rings (SSSR count). The number of fused-ring (bicyclic) bond motifs is 1. The van der Waals surface area contributed by atoms with E-state index in [9.17, 15) is 14.7 Å². The molecule has 0 fully saturated rings. The molecule has 1 aromatic rings. The number of carbonyl (C=O) groups excluding carboxylic acids is 2. The number of quaternary nitrogens is 1. The molecule has 1 N–H and O–H groups in total. The maximum Gasteiger partial charge on any atom is 0.216 e. The van der Waals surface area contributed by atoms with Crippen LogP contribution in [0.2, 0.25) is 0 Å². The minimum atomic E-state index is -1.13. The van der Waals surface area contributed by atoms with Gasteiger partial charge in [-0.2, -0.15) is 0 Å². The number of aryl methyl sites for hydroxylation is 2. The number of carboxylic acid groups (broad SMARTS) is 1. The minimum Gasteiger partial charge on any atom is -0.544 e. The van der Waals surface area contributed by atoms with Gasteiger partial charge < -0.3 is 14.8 Å². The molecule has 0 spiro atoms. The fourth-order valence-corrected chi connectivity index (χ4v) is 2.59. The molecule has 19 heavy (non-hydrogen) atoms. The maximum absolute atomic E-state index is 12.1. The number of nitrogens with one attached hydrogen (secondary N) is 1. The molecule has 102 valence electrons. The molecule has 4 nitrogen and oxygen atoms in total. The van der Waals surface area contributed by atoms with Crippen LogP contribution in [0.25, 0.3) is 0 Å². The third-order valence-corrected chi connectivity index (χ3v) is 3.58. The number of carbonyl (C=O) groups is 2. The Morgan fingerprint density at radius 3 is 2.53 bits per heavy atom. The van der Waals surface area contributed by atoms with E-state index >= 15 is 0 Å². The lowest BCUT2D eigenvalue weighted by molar-refractivity contribution is -0.864. The predicted octanol–water partition coefficient (Wildman–Crippen LogP) is -0.987. The van der Waals surface area contributed by atoms with Crippen molar-refractivity contribution in [3.63, 3.8) is 0 Å². The number of likely N-dealkylation sites (N-methyl/N-ethyl adjacent to an activating group) is 1. The number of carboxylic acids is 1. The quantitative estimate of drug-likeness (QED) is 0.693. The third-order valence-electron chi connectivity index (χ3n) is 3.58. The highest BCUT2D eigenvalue weighted by atomic mass is 16.4. The van der Waals surface area contributed by atoms with Crippen LogP contribution < -0.4 is 10.0 Å². The van der Waals surface area contributed by atoms with Gasteiger partial charge in [-0.1, -0.05) is 12.1 Å². The van der Waals surface area contributed by atoms with Crippen LogP contribution in [-0.2, 0) is 17.6 Å². The van der Waals surface area contributed by atoms with Crippen LogP contribution in [0.5, 0.6) is 0 Å². The molecule has 1 unspecified atom stereocenters. The normalized spacial score (nSPS) is 15.6. The summed E-state index contributed by atoms with van der Waals surface area (Å²) in [6.07, 6.45) is 4.54. The largest absolute Gasteiger partial charge is 0.544 e. The Labute approximate surface area is 113 Å². The highest BCUT2D eigenvalue weighted by Crippen LogP contribution is 2.22. The average molecular weight is 261 g/mol. The van der Waals surface area contributed by atoms with Crippen LogP contribution in [0.1, 0.15) is 34.3 Å². The summed E-state index contributed by atoms with van der Waals surface area (Å²) in [6.45, 7) is 0.0451. The molecular formula is C15H19NO3. The number of rotatable bonds is 5. The van der Waals surface area contributed by atoms with Crippen molar-refractivity contribution >= 4 is 11.8 Å².